The lowest BCUT2D eigenvalue weighted by Gasteiger charge is -2.35. The molecular weight excluding hydrogens is 648 g/mol. The molecule has 2 aliphatic carbocycles. The van der Waals surface area contributed by atoms with Crippen LogP contribution < -0.4 is 14.8 Å². The third kappa shape index (κ3) is 8.25. The van der Waals surface area contributed by atoms with Gasteiger partial charge in [0.15, 0.2) is 5.78 Å². The van der Waals surface area contributed by atoms with E-state index in [9.17, 15) is 27.6 Å². The maximum atomic E-state index is 14.4. The zero-order valence-corrected chi connectivity index (χ0v) is 30.0. The van der Waals surface area contributed by atoms with Gasteiger partial charge < -0.3 is 19.7 Å². The van der Waals surface area contributed by atoms with Crippen LogP contribution in [0, 0.1) is 22.2 Å². The van der Waals surface area contributed by atoms with E-state index in [0.717, 1.165) is 10.8 Å². The number of rotatable bonds is 12. The Balaban J connectivity index is 1.42. The zero-order valence-electron chi connectivity index (χ0n) is 29.2. The minimum atomic E-state index is -3.84. The number of nitrogens with one attached hydrogen (secondary N) is 2. The van der Waals surface area contributed by atoms with E-state index < -0.39 is 73.9 Å². The topological polar surface area (TPSA) is 161 Å². The van der Waals surface area contributed by atoms with Crippen molar-refractivity contribution in [2.75, 3.05) is 13.2 Å². The van der Waals surface area contributed by atoms with E-state index in [-0.39, 0.29) is 37.8 Å². The SMILES string of the molecule is C=C[C@@H]1C[C@]1(CC(=O)[C@@H]1C[C@@H](Oc2nccc3ccccc23)CN1C(=O)[C@@H](NC(=O)OCC(C)(C)C)C(C)(C)C)C(=O)NS(=O)(=O)C1CC1. The average Bonchev–Trinajstić information content (AvgIpc) is 3.94. The maximum Gasteiger partial charge on any atom is 0.407 e. The van der Waals surface area contributed by atoms with Crippen LogP contribution in [0.3, 0.4) is 0 Å². The van der Waals surface area contributed by atoms with Gasteiger partial charge >= 0.3 is 6.09 Å². The highest BCUT2D eigenvalue weighted by Crippen LogP contribution is 2.57. The lowest BCUT2D eigenvalue weighted by molar-refractivity contribution is -0.142. The van der Waals surface area contributed by atoms with Crippen molar-refractivity contribution in [2.45, 2.75) is 97.1 Å². The van der Waals surface area contributed by atoms with Crippen LogP contribution in [0.1, 0.15) is 73.6 Å². The summed E-state index contributed by atoms with van der Waals surface area (Å²) < 4.78 is 39.3. The highest BCUT2D eigenvalue weighted by atomic mass is 32.2. The Bertz CT molecular complexity index is 1740. The number of hydrogen-bond donors (Lipinski definition) is 2. The van der Waals surface area contributed by atoms with Crippen molar-refractivity contribution in [3.8, 4) is 5.88 Å². The number of carbonyl (C=O) groups excluding carboxylic acids is 4. The Morgan fingerprint density at radius 3 is 2.41 bits per heavy atom. The molecule has 5 atom stereocenters. The molecule has 2 N–H and O–H groups in total. The largest absolute Gasteiger partial charge is 0.472 e. The smallest absolute Gasteiger partial charge is 0.407 e. The second kappa shape index (κ2) is 13.4. The number of allylic oxidation sites excluding steroid dienone is 1. The van der Waals surface area contributed by atoms with Crippen LogP contribution in [-0.2, 0) is 29.1 Å². The number of carbonyl (C=O) groups is 4. The average molecular weight is 697 g/mol. The van der Waals surface area contributed by atoms with E-state index in [1.54, 1.807) is 33.0 Å². The fourth-order valence-corrected chi connectivity index (χ4v) is 7.72. The summed E-state index contributed by atoms with van der Waals surface area (Å²) in [4.78, 5) is 60.9. The summed E-state index contributed by atoms with van der Waals surface area (Å²) in [6.45, 7) is 15.1. The number of likely N-dealkylation sites (tertiary alicyclic amines) is 1. The zero-order chi connectivity index (χ0) is 35.9. The van der Waals surface area contributed by atoms with Gasteiger partial charge in [-0.2, -0.15) is 0 Å². The van der Waals surface area contributed by atoms with E-state index in [4.69, 9.17) is 9.47 Å². The number of aromatic nitrogens is 1. The number of Topliss-reactive ketones (excluding diaryl/α,β-unsaturated/α-hetero) is 1. The number of alkyl carbamates (subject to hydrolysis) is 1. The highest BCUT2D eigenvalue weighted by Gasteiger charge is 2.61. The first kappa shape index (κ1) is 36.3. The Labute approximate surface area is 288 Å². The van der Waals surface area contributed by atoms with Crippen molar-refractivity contribution in [3.63, 3.8) is 0 Å². The van der Waals surface area contributed by atoms with Crippen LogP contribution in [0.4, 0.5) is 4.79 Å². The normalized spacial score (nSPS) is 24.5. The molecule has 12 nitrogen and oxygen atoms in total. The summed E-state index contributed by atoms with van der Waals surface area (Å²) in [6.07, 6.45) is 2.85. The number of ketones is 1. The van der Waals surface area contributed by atoms with Gasteiger partial charge in [0.2, 0.25) is 27.7 Å². The summed E-state index contributed by atoms with van der Waals surface area (Å²) in [5.74, 6) is -1.67. The number of ether oxygens (including phenoxy) is 2. The molecule has 3 fully saturated rings. The van der Waals surface area contributed by atoms with Crippen LogP contribution in [0.15, 0.2) is 49.2 Å². The van der Waals surface area contributed by atoms with Gasteiger partial charge in [-0.05, 0) is 53.5 Å². The van der Waals surface area contributed by atoms with Crippen molar-refractivity contribution >= 4 is 44.5 Å². The second-order valence-electron chi connectivity index (χ2n) is 15.9. The quantitative estimate of drug-likeness (QED) is 0.304. The lowest BCUT2D eigenvalue weighted by Crippen LogP contribution is -2.57. The third-order valence-electron chi connectivity index (χ3n) is 9.40. The van der Waals surface area contributed by atoms with E-state index in [1.165, 1.54) is 4.90 Å². The monoisotopic (exact) mass is 696 g/mol. The van der Waals surface area contributed by atoms with Gasteiger partial charge in [-0.1, -0.05) is 65.8 Å². The predicted octanol–water partition coefficient (Wildman–Crippen LogP) is 4.53. The molecule has 3 aliphatic rings. The molecule has 5 rings (SSSR count). The first-order valence-electron chi connectivity index (χ1n) is 16.8. The van der Waals surface area contributed by atoms with Crippen molar-refractivity contribution in [2.24, 2.45) is 22.2 Å². The van der Waals surface area contributed by atoms with Crippen LogP contribution in [-0.4, -0.2) is 78.6 Å². The number of hydrogen-bond acceptors (Lipinski definition) is 9. The summed E-state index contributed by atoms with van der Waals surface area (Å²) in [6, 6.07) is 7.36. The van der Waals surface area contributed by atoms with Crippen LogP contribution in [0.25, 0.3) is 10.8 Å². The fraction of sp³-hybridized carbons (Fsp3) is 0.583. The molecule has 0 radical (unpaired) electrons. The van der Waals surface area contributed by atoms with Gasteiger partial charge in [-0.3, -0.25) is 19.1 Å². The molecule has 1 aromatic heterocycles. The Morgan fingerprint density at radius 2 is 1.80 bits per heavy atom. The van der Waals surface area contributed by atoms with Gasteiger partial charge in [0.1, 0.15) is 12.1 Å². The molecule has 13 heteroatoms. The van der Waals surface area contributed by atoms with Crippen LogP contribution >= 0.6 is 0 Å². The molecule has 1 saturated heterocycles. The maximum absolute atomic E-state index is 14.4. The minimum Gasteiger partial charge on any atom is -0.472 e. The standard InChI is InChI=1S/C36H48N4O8S/c1-8-23-18-36(23,32(43)39-49(45,46)25-13-14-25)19-28(41)27-17-24(48-30-26-12-10-9-11-22(26)15-16-37-30)20-40(27)31(42)29(35(5,6)7)38-33(44)47-21-34(2,3)4/h8-12,15-16,23-25,27,29H,1,13-14,17-21H2,2-7H3,(H,38,44)(H,39,43)/t23-,24-,27+,29-,36-/m1/s1. The molecule has 2 heterocycles. The van der Waals surface area contributed by atoms with Crippen LogP contribution in [0.5, 0.6) is 5.88 Å². The molecule has 0 unspecified atom stereocenters. The van der Waals surface area contributed by atoms with E-state index >= 15 is 0 Å². The summed E-state index contributed by atoms with van der Waals surface area (Å²) in [7, 11) is -3.84. The summed E-state index contributed by atoms with van der Waals surface area (Å²) >= 11 is 0. The number of fused-ring (bicyclic) bond motifs is 1. The van der Waals surface area contributed by atoms with Gasteiger partial charge in [-0.25, -0.2) is 18.2 Å². The highest BCUT2D eigenvalue weighted by molar-refractivity contribution is 7.90. The molecule has 2 aromatic rings. The van der Waals surface area contributed by atoms with E-state index in [2.05, 4.69) is 21.6 Å². The molecule has 1 aliphatic heterocycles. The third-order valence-corrected chi connectivity index (χ3v) is 11.2. The first-order chi connectivity index (χ1) is 22.8. The molecule has 266 valence electrons. The number of benzene rings is 1. The Morgan fingerprint density at radius 1 is 1.10 bits per heavy atom. The summed E-state index contributed by atoms with van der Waals surface area (Å²) in [5.41, 5.74) is -2.36. The molecule has 2 saturated carbocycles. The Kier molecular flexibility index (Phi) is 9.90. The molecule has 3 amide bonds. The molecule has 0 spiro atoms. The van der Waals surface area contributed by atoms with Gasteiger partial charge in [-0.15, -0.1) is 6.58 Å². The van der Waals surface area contributed by atoms with Crippen molar-refractivity contribution < 1.29 is 37.1 Å². The van der Waals surface area contributed by atoms with Gasteiger partial charge in [0, 0.05) is 24.4 Å². The predicted molar refractivity (Wildman–Crippen MR) is 184 cm³/mol. The van der Waals surface area contributed by atoms with Crippen molar-refractivity contribution in [1.82, 2.24) is 19.9 Å². The minimum absolute atomic E-state index is 0.0194. The molecule has 1 aromatic carbocycles. The van der Waals surface area contributed by atoms with E-state index in [0.29, 0.717) is 18.7 Å². The lowest BCUT2D eigenvalue weighted by atomic mass is 9.85. The molecule has 0 bridgehead atoms. The van der Waals surface area contributed by atoms with Crippen molar-refractivity contribution in [1.29, 1.82) is 0 Å². The Hall–Kier alpha value is -4.00. The van der Waals surface area contributed by atoms with Crippen molar-refractivity contribution in [3.05, 3.63) is 49.2 Å². The number of sulfonamides is 1. The number of nitrogens with zero attached hydrogens (tertiary/aromatic N) is 2. The number of amides is 3. The molecule has 49 heavy (non-hydrogen) atoms. The molecular formula is C36H48N4O8S. The fourth-order valence-electron chi connectivity index (χ4n) is 6.34. The second-order valence-corrected chi connectivity index (χ2v) is 17.9. The first-order valence-corrected chi connectivity index (χ1v) is 18.3. The van der Waals surface area contributed by atoms with Gasteiger partial charge in [0.25, 0.3) is 0 Å². The van der Waals surface area contributed by atoms with E-state index in [1.807, 2.05) is 51.1 Å². The van der Waals surface area contributed by atoms with Crippen LogP contribution in [0.2, 0.25) is 0 Å². The van der Waals surface area contributed by atoms with Gasteiger partial charge in [0.05, 0.1) is 29.9 Å². The summed E-state index contributed by atoms with van der Waals surface area (Å²) in [5, 5.41) is 3.81. The number of pyridine rings is 1.